The summed E-state index contributed by atoms with van der Waals surface area (Å²) in [5.74, 6) is -2.09. The Balaban J connectivity index is 1.85. The first-order valence-electron chi connectivity index (χ1n) is 14.4. The number of carbonyl (C=O) groups is 5. The number of piperazine rings is 1. The van der Waals surface area contributed by atoms with Crippen molar-refractivity contribution in [2.75, 3.05) is 46.5 Å². The van der Waals surface area contributed by atoms with Crippen molar-refractivity contribution in [2.24, 2.45) is 5.92 Å². The number of pyridine rings is 1. The van der Waals surface area contributed by atoms with Gasteiger partial charge in [-0.25, -0.2) is 14.6 Å². The van der Waals surface area contributed by atoms with Gasteiger partial charge in [-0.15, -0.1) is 0 Å². The number of amides is 3. The summed E-state index contributed by atoms with van der Waals surface area (Å²) in [6.45, 7) is 8.51. The largest absolute Gasteiger partial charge is 0.478 e. The zero-order valence-electron chi connectivity index (χ0n) is 25.3. The maximum Gasteiger partial charge on any atom is 0.409 e. The average molecular weight is 601 g/mol. The van der Waals surface area contributed by atoms with Gasteiger partial charge in [-0.3, -0.25) is 14.4 Å². The summed E-state index contributed by atoms with van der Waals surface area (Å²) in [5.41, 5.74) is 0.409. The predicted molar refractivity (Wildman–Crippen MR) is 155 cm³/mol. The van der Waals surface area contributed by atoms with E-state index in [4.69, 9.17) is 18.9 Å². The van der Waals surface area contributed by atoms with Gasteiger partial charge in [0.25, 0.3) is 5.91 Å². The number of rotatable bonds is 12. The Morgan fingerprint density at radius 1 is 0.953 bits per heavy atom. The lowest BCUT2D eigenvalue weighted by Gasteiger charge is -2.36. The molecule has 2 heterocycles. The van der Waals surface area contributed by atoms with Crippen LogP contribution in [-0.4, -0.2) is 103 Å². The summed E-state index contributed by atoms with van der Waals surface area (Å²) in [5, 5.41) is 3.31. The van der Waals surface area contributed by atoms with Crippen molar-refractivity contribution in [1.82, 2.24) is 20.1 Å². The molecule has 2 atom stereocenters. The number of hydrogen-bond acceptors (Lipinski definition) is 10. The minimum absolute atomic E-state index is 0.00937. The maximum atomic E-state index is 13.5. The molecule has 43 heavy (non-hydrogen) atoms. The number of benzene rings is 1. The van der Waals surface area contributed by atoms with E-state index in [-0.39, 0.29) is 69.6 Å². The lowest BCUT2D eigenvalue weighted by molar-refractivity contribution is -0.153. The number of hydrogen-bond donors (Lipinski definition) is 1. The van der Waals surface area contributed by atoms with E-state index in [1.807, 2.05) is 13.8 Å². The monoisotopic (exact) mass is 600 g/mol. The van der Waals surface area contributed by atoms with Crippen LogP contribution >= 0.6 is 0 Å². The third-order valence-corrected chi connectivity index (χ3v) is 6.87. The van der Waals surface area contributed by atoms with Crippen molar-refractivity contribution < 1.29 is 42.9 Å². The van der Waals surface area contributed by atoms with Gasteiger partial charge in [-0.1, -0.05) is 26.0 Å². The summed E-state index contributed by atoms with van der Waals surface area (Å²) in [6, 6.07) is 7.36. The number of esters is 2. The second kappa shape index (κ2) is 15.7. The van der Waals surface area contributed by atoms with Crippen LogP contribution in [-0.2, 0) is 28.6 Å². The van der Waals surface area contributed by atoms with E-state index >= 15 is 0 Å². The van der Waals surface area contributed by atoms with Crippen LogP contribution in [0.2, 0.25) is 0 Å². The van der Waals surface area contributed by atoms with Crippen LogP contribution in [0.5, 0.6) is 5.75 Å². The van der Waals surface area contributed by atoms with Crippen molar-refractivity contribution in [3.63, 3.8) is 0 Å². The van der Waals surface area contributed by atoms with Crippen LogP contribution < -0.4 is 10.1 Å². The molecule has 1 aliphatic heterocycles. The number of nitrogens with one attached hydrogen (secondary N) is 1. The van der Waals surface area contributed by atoms with E-state index in [2.05, 4.69) is 10.3 Å². The summed E-state index contributed by atoms with van der Waals surface area (Å²) < 4.78 is 21.1. The topological polar surface area (TPSA) is 154 Å². The van der Waals surface area contributed by atoms with Gasteiger partial charge in [0, 0.05) is 50.0 Å². The highest BCUT2D eigenvalue weighted by Gasteiger charge is 2.32. The number of carbonyl (C=O) groups excluding carboxylic acids is 5. The summed E-state index contributed by atoms with van der Waals surface area (Å²) in [4.78, 5) is 71.2. The van der Waals surface area contributed by atoms with Gasteiger partial charge in [0.1, 0.15) is 17.5 Å². The number of fused-ring (bicyclic) bond motifs is 1. The number of aromatic nitrogens is 1. The van der Waals surface area contributed by atoms with Crippen LogP contribution in [0.25, 0.3) is 10.9 Å². The number of methoxy groups -OCH3 is 1. The highest BCUT2D eigenvalue weighted by molar-refractivity contribution is 5.99. The van der Waals surface area contributed by atoms with Gasteiger partial charge < -0.3 is 34.1 Å². The molecule has 234 valence electrons. The second-order valence-corrected chi connectivity index (χ2v) is 10.2. The molecule has 1 N–H and O–H groups in total. The molecule has 0 bridgehead atoms. The molecule has 1 saturated heterocycles. The van der Waals surface area contributed by atoms with Crippen molar-refractivity contribution in [3.8, 4) is 5.75 Å². The molecule has 1 aromatic heterocycles. The molecule has 0 spiro atoms. The number of ether oxygens (including phenoxy) is 4. The SMILES string of the molecule is CCOC(=O)C(Oc1cc(C(=O)NC(CCC(=O)OC)C(=O)N2CCN(C(=O)OCC)CC2)nc2ccccc12)C(C)C. The Morgan fingerprint density at radius 2 is 1.60 bits per heavy atom. The Kier molecular flexibility index (Phi) is 12.1. The van der Waals surface area contributed by atoms with Crippen molar-refractivity contribution in [2.45, 2.75) is 52.7 Å². The van der Waals surface area contributed by atoms with Crippen molar-refractivity contribution in [3.05, 3.63) is 36.0 Å². The normalized spacial score (nSPS) is 14.6. The fraction of sp³-hybridized carbons (Fsp3) is 0.533. The molecule has 13 nitrogen and oxygen atoms in total. The molecular formula is C30H40N4O9. The summed E-state index contributed by atoms with van der Waals surface area (Å²) in [6.07, 6.45) is -1.49. The molecule has 2 aromatic rings. The smallest absolute Gasteiger partial charge is 0.409 e. The standard InChI is InChI=1S/C30H40N4O9/c1-6-41-29(38)26(19(3)4)43-24-18-23(31-21-11-9-8-10-20(21)24)27(36)32-22(12-13-25(35)40-5)28(37)33-14-16-34(17-15-33)30(39)42-7-2/h8-11,18-19,22,26H,6-7,12-17H2,1-5H3,(H,32,36). The number of para-hydroxylation sites is 1. The van der Waals surface area contributed by atoms with Crippen LogP contribution in [0.4, 0.5) is 4.79 Å². The average Bonchev–Trinajstić information content (AvgIpc) is 3.01. The molecule has 3 rings (SSSR count). The quantitative estimate of drug-likeness (QED) is 0.284. The van der Waals surface area contributed by atoms with E-state index in [1.54, 1.807) is 38.1 Å². The van der Waals surface area contributed by atoms with Crippen molar-refractivity contribution in [1.29, 1.82) is 0 Å². The minimum Gasteiger partial charge on any atom is -0.478 e. The van der Waals surface area contributed by atoms with Crippen LogP contribution in [0.3, 0.4) is 0 Å². The highest BCUT2D eigenvalue weighted by atomic mass is 16.6. The molecule has 1 aromatic carbocycles. The predicted octanol–water partition coefficient (Wildman–Crippen LogP) is 2.55. The zero-order chi connectivity index (χ0) is 31.5. The van der Waals surface area contributed by atoms with E-state index in [0.717, 1.165) is 0 Å². The summed E-state index contributed by atoms with van der Waals surface area (Å²) in [7, 11) is 1.24. The van der Waals surface area contributed by atoms with Gasteiger partial charge in [-0.05, 0) is 32.4 Å². The fourth-order valence-corrected chi connectivity index (χ4v) is 4.57. The molecule has 2 unspecified atom stereocenters. The Bertz CT molecular complexity index is 1310. The van der Waals surface area contributed by atoms with Gasteiger partial charge in [0.2, 0.25) is 5.91 Å². The fourth-order valence-electron chi connectivity index (χ4n) is 4.57. The first kappa shape index (κ1) is 33.1. The Labute approximate surface area is 250 Å². The van der Waals surface area contributed by atoms with Crippen LogP contribution in [0.1, 0.15) is 51.0 Å². The Hall–Kier alpha value is -4.42. The van der Waals surface area contributed by atoms with E-state index in [9.17, 15) is 24.0 Å². The molecule has 1 fully saturated rings. The van der Waals surface area contributed by atoms with Gasteiger partial charge in [0.05, 0.1) is 25.8 Å². The van der Waals surface area contributed by atoms with Crippen molar-refractivity contribution >= 4 is 40.7 Å². The van der Waals surface area contributed by atoms with Gasteiger partial charge in [-0.2, -0.15) is 0 Å². The second-order valence-electron chi connectivity index (χ2n) is 10.2. The van der Waals surface area contributed by atoms with E-state index in [0.29, 0.717) is 10.9 Å². The van der Waals surface area contributed by atoms with Crippen LogP contribution in [0, 0.1) is 5.92 Å². The lowest BCUT2D eigenvalue weighted by atomic mass is 10.1. The molecule has 0 saturated carbocycles. The highest BCUT2D eigenvalue weighted by Crippen LogP contribution is 2.28. The first-order valence-corrected chi connectivity index (χ1v) is 14.4. The zero-order valence-corrected chi connectivity index (χ0v) is 25.3. The molecule has 3 amide bonds. The number of nitrogens with zero attached hydrogens (tertiary/aromatic N) is 3. The summed E-state index contributed by atoms with van der Waals surface area (Å²) >= 11 is 0. The van der Waals surface area contributed by atoms with Gasteiger partial charge >= 0.3 is 18.0 Å². The lowest BCUT2D eigenvalue weighted by Crippen LogP contribution is -2.56. The molecule has 0 radical (unpaired) electrons. The first-order chi connectivity index (χ1) is 20.6. The Morgan fingerprint density at radius 3 is 2.23 bits per heavy atom. The molecular weight excluding hydrogens is 560 g/mol. The van der Waals surface area contributed by atoms with Crippen LogP contribution in [0.15, 0.2) is 30.3 Å². The van der Waals surface area contributed by atoms with E-state index in [1.165, 1.54) is 23.0 Å². The molecule has 0 aliphatic carbocycles. The molecule has 1 aliphatic rings. The van der Waals surface area contributed by atoms with E-state index < -0.39 is 42.0 Å². The van der Waals surface area contributed by atoms with Gasteiger partial charge in [0.15, 0.2) is 6.10 Å². The maximum absolute atomic E-state index is 13.5. The third-order valence-electron chi connectivity index (χ3n) is 6.87. The third kappa shape index (κ3) is 8.79. The molecule has 13 heteroatoms. The minimum atomic E-state index is -1.07.